The van der Waals surface area contributed by atoms with E-state index in [1.807, 2.05) is 32.0 Å². The Bertz CT molecular complexity index is 445. The summed E-state index contributed by atoms with van der Waals surface area (Å²) in [7, 11) is 1.61. The number of carbonyl (C=O) groups is 1. The highest BCUT2D eigenvalue weighted by atomic mass is 16.5. The summed E-state index contributed by atoms with van der Waals surface area (Å²) in [5, 5.41) is 6.25. The molecule has 1 aliphatic heterocycles. The molecule has 0 spiro atoms. The monoisotopic (exact) mass is 248 g/mol. The highest BCUT2D eigenvalue weighted by Crippen LogP contribution is 2.27. The predicted molar refractivity (Wildman–Crippen MR) is 71.9 cm³/mol. The molecule has 1 fully saturated rings. The van der Waals surface area contributed by atoms with Gasteiger partial charge in [0.15, 0.2) is 0 Å². The van der Waals surface area contributed by atoms with E-state index < -0.39 is 0 Å². The standard InChI is InChI=1S/C14H20N2O2/c1-9-4-5-13(18-3)12(8-9)16-14(17)11-6-7-15-10(11)2/h4-5,8,10-11,15H,6-7H2,1-3H3,(H,16,17). The van der Waals surface area contributed by atoms with Crippen molar-refractivity contribution in [1.29, 1.82) is 0 Å². The zero-order valence-electron chi connectivity index (χ0n) is 11.1. The normalized spacial score (nSPS) is 22.8. The summed E-state index contributed by atoms with van der Waals surface area (Å²) in [6.07, 6.45) is 0.890. The molecule has 0 saturated carbocycles. The minimum absolute atomic E-state index is 0.0372. The van der Waals surface area contributed by atoms with Gasteiger partial charge in [0, 0.05) is 6.04 Å². The third-order valence-electron chi connectivity index (χ3n) is 3.47. The lowest BCUT2D eigenvalue weighted by Gasteiger charge is -2.16. The fourth-order valence-corrected chi connectivity index (χ4v) is 2.36. The van der Waals surface area contributed by atoms with Gasteiger partial charge in [0.05, 0.1) is 18.7 Å². The minimum Gasteiger partial charge on any atom is -0.495 e. The molecule has 1 heterocycles. The van der Waals surface area contributed by atoms with Crippen LogP contribution in [-0.4, -0.2) is 25.6 Å². The number of anilines is 1. The highest BCUT2D eigenvalue weighted by Gasteiger charge is 2.29. The summed E-state index contributed by atoms with van der Waals surface area (Å²) in [6.45, 7) is 4.95. The molecule has 1 amide bonds. The van der Waals surface area contributed by atoms with Gasteiger partial charge in [-0.1, -0.05) is 6.07 Å². The summed E-state index contributed by atoms with van der Waals surface area (Å²) < 4.78 is 5.26. The number of benzene rings is 1. The Morgan fingerprint density at radius 3 is 2.89 bits per heavy atom. The first-order chi connectivity index (χ1) is 8.61. The van der Waals surface area contributed by atoms with Gasteiger partial charge in [0.2, 0.25) is 5.91 Å². The molecule has 2 rings (SSSR count). The van der Waals surface area contributed by atoms with Crippen LogP contribution < -0.4 is 15.4 Å². The molecular weight excluding hydrogens is 228 g/mol. The van der Waals surface area contributed by atoms with Crippen molar-refractivity contribution >= 4 is 11.6 Å². The third-order valence-corrected chi connectivity index (χ3v) is 3.47. The summed E-state index contributed by atoms with van der Waals surface area (Å²) in [4.78, 5) is 12.2. The van der Waals surface area contributed by atoms with Crippen molar-refractivity contribution in [2.24, 2.45) is 5.92 Å². The first-order valence-corrected chi connectivity index (χ1v) is 6.30. The number of methoxy groups -OCH3 is 1. The van der Waals surface area contributed by atoms with Crippen LogP contribution in [-0.2, 0) is 4.79 Å². The molecule has 0 aromatic heterocycles. The van der Waals surface area contributed by atoms with Crippen LogP contribution in [0, 0.1) is 12.8 Å². The van der Waals surface area contributed by atoms with E-state index in [9.17, 15) is 4.79 Å². The number of rotatable bonds is 3. The number of ether oxygens (including phenoxy) is 1. The zero-order valence-corrected chi connectivity index (χ0v) is 11.1. The van der Waals surface area contributed by atoms with Crippen LogP contribution in [0.2, 0.25) is 0 Å². The fourth-order valence-electron chi connectivity index (χ4n) is 2.36. The van der Waals surface area contributed by atoms with Crippen molar-refractivity contribution in [3.63, 3.8) is 0 Å². The summed E-state index contributed by atoms with van der Waals surface area (Å²) >= 11 is 0. The number of carbonyl (C=O) groups excluding carboxylic acids is 1. The van der Waals surface area contributed by atoms with Crippen molar-refractivity contribution in [1.82, 2.24) is 5.32 Å². The van der Waals surface area contributed by atoms with Crippen molar-refractivity contribution < 1.29 is 9.53 Å². The van der Waals surface area contributed by atoms with Gasteiger partial charge >= 0.3 is 0 Å². The zero-order chi connectivity index (χ0) is 13.1. The Morgan fingerprint density at radius 2 is 2.28 bits per heavy atom. The van der Waals surface area contributed by atoms with E-state index in [-0.39, 0.29) is 17.9 Å². The number of hydrogen-bond donors (Lipinski definition) is 2. The third kappa shape index (κ3) is 2.64. The average molecular weight is 248 g/mol. The lowest BCUT2D eigenvalue weighted by atomic mass is 10.0. The van der Waals surface area contributed by atoms with Crippen LogP contribution in [0.4, 0.5) is 5.69 Å². The van der Waals surface area contributed by atoms with Gasteiger partial charge in [-0.25, -0.2) is 0 Å². The minimum atomic E-state index is 0.0372. The van der Waals surface area contributed by atoms with E-state index in [1.165, 1.54) is 0 Å². The van der Waals surface area contributed by atoms with Gasteiger partial charge in [-0.05, 0) is 44.5 Å². The predicted octanol–water partition coefficient (Wildman–Crippen LogP) is 1.94. The molecule has 1 aliphatic rings. The molecule has 0 bridgehead atoms. The largest absolute Gasteiger partial charge is 0.495 e. The maximum absolute atomic E-state index is 12.2. The Balaban J connectivity index is 2.13. The lowest BCUT2D eigenvalue weighted by Crippen LogP contribution is -2.32. The number of hydrogen-bond acceptors (Lipinski definition) is 3. The van der Waals surface area contributed by atoms with Crippen molar-refractivity contribution in [2.75, 3.05) is 19.0 Å². The second-order valence-electron chi connectivity index (χ2n) is 4.83. The van der Waals surface area contributed by atoms with E-state index in [0.29, 0.717) is 5.75 Å². The van der Waals surface area contributed by atoms with Crippen molar-refractivity contribution in [3.8, 4) is 5.75 Å². The van der Waals surface area contributed by atoms with Crippen LogP contribution in [0.15, 0.2) is 18.2 Å². The number of aryl methyl sites for hydroxylation is 1. The van der Waals surface area contributed by atoms with E-state index in [2.05, 4.69) is 10.6 Å². The molecule has 0 radical (unpaired) electrons. The molecule has 1 aromatic rings. The van der Waals surface area contributed by atoms with Gasteiger partial charge in [0.25, 0.3) is 0 Å². The lowest BCUT2D eigenvalue weighted by molar-refractivity contribution is -0.120. The molecule has 4 nitrogen and oxygen atoms in total. The second-order valence-corrected chi connectivity index (χ2v) is 4.83. The van der Waals surface area contributed by atoms with E-state index in [1.54, 1.807) is 7.11 Å². The number of amides is 1. The van der Waals surface area contributed by atoms with Crippen LogP contribution in [0.5, 0.6) is 5.75 Å². The quantitative estimate of drug-likeness (QED) is 0.859. The van der Waals surface area contributed by atoms with Gasteiger partial charge < -0.3 is 15.4 Å². The van der Waals surface area contributed by atoms with Gasteiger partial charge in [0.1, 0.15) is 5.75 Å². The van der Waals surface area contributed by atoms with Crippen LogP contribution in [0.25, 0.3) is 0 Å². The van der Waals surface area contributed by atoms with E-state index in [0.717, 1.165) is 24.2 Å². The van der Waals surface area contributed by atoms with Crippen LogP contribution in [0.3, 0.4) is 0 Å². The molecule has 2 N–H and O–H groups in total. The topological polar surface area (TPSA) is 50.4 Å². The molecular formula is C14H20N2O2. The Hall–Kier alpha value is -1.55. The molecule has 1 aromatic carbocycles. The van der Waals surface area contributed by atoms with E-state index >= 15 is 0 Å². The average Bonchev–Trinajstić information content (AvgIpc) is 2.76. The van der Waals surface area contributed by atoms with Gasteiger partial charge in [-0.2, -0.15) is 0 Å². The SMILES string of the molecule is COc1ccc(C)cc1NC(=O)C1CCNC1C. The molecule has 2 unspecified atom stereocenters. The smallest absolute Gasteiger partial charge is 0.229 e. The van der Waals surface area contributed by atoms with Gasteiger partial charge in [-0.3, -0.25) is 4.79 Å². The van der Waals surface area contributed by atoms with Crippen molar-refractivity contribution in [3.05, 3.63) is 23.8 Å². The maximum atomic E-state index is 12.2. The molecule has 0 aliphatic carbocycles. The fraction of sp³-hybridized carbons (Fsp3) is 0.500. The van der Waals surface area contributed by atoms with Gasteiger partial charge in [-0.15, -0.1) is 0 Å². The van der Waals surface area contributed by atoms with Crippen molar-refractivity contribution in [2.45, 2.75) is 26.3 Å². The number of nitrogens with one attached hydrogen (secondary N) is 2. The first kappa shape index (κ1) is 12.9. The molecule has 1 saturated heterocycles. The Morgan fingerprint density at radius 1 is 1.50 bits per heavy atom. The Labute approximate surface area is 108 Å². The first-order valence-electron chi connectivity index (χ1n) is 6.30. The summed E-state index contributed by atoms with van der Waals surface area (Å²) in [6, 6.07) is 6.01. The maximum Gasteiger partial charge on any atom is 0.229 e. The summed E-state index contributed by atoms with van der Waals surface area (Å²) in [5.74, 6) is 0.805. The summed E-state index contributed by atoms with van der Waals surface area (Å²) in [5.41, 5.74) is 1.85. The van der Waals surface area contributed by atoms with Crippen LogP contribution >= 0.6 is 0 Å². The Kier molecular flexibility index (Phi) is 3.87. The molecule has 18 heavy (non-hydrogen) atoms. The van der Waals surface area contributed by atoms with E-state index in [4.69, 9.17) is 4.74 Å². The molecule has 98 valence electrons. The van der Waals surface area contributed by atoms with Crippen LogP contribution in [0.1, 0.15) is 18.9 Å². The molecule has 2 atom stereocenters. The second kappa shape index (κ2) is 5.40. The highest BCUT2D eigenvalue weighted by molar-refractivity contribution is 5.94. The molecule has 4 heteroatoms.